The molecule has 2 heterocycles. The second kappa shape index (κ2) is 5.78. The van der Waals surface area contributed by atoms with E-state index >= 15 is 0 Å². The number of aromatic amines is 1. The first kappa shape index (κ1) is 14.1. The first-order valence-corrected chi connectivity index (χ1v) is 14.9. The molecule has 2 aromatic heterocycles. The third-order valence-electron chi connectivity index (χ3n) is 2.11. The van der Waals surface area contributed by atoms with Crippen LogP contribution in [0.4, 0.5) is 11.8 Å². The summed E-state index contributed by atoms with van der Waals surface area (Å²) in [7, 11) is 5.90. The Labute approximate surface area is 123 Å². The van der Waals surface area contributed by atoms with Crippen molar-refractivity contribution in [3.8, 4) is 0 Å². The molecule has 2 amide bonds. The van der Waals surface area contributed by atoms with Crippen LogP contribution in [-0.4, -0.2) is 31.8 Å². The molecule has 0 aromatic carbocycles. The molecule has 0 spiro atoms. The molecule has 0 fully saturated rings. The molecule has 0 radical (unpaired) electrons. The fourth-order valence-corrected chi connectivity index (χ4v) is 4.35. The van der Waals surface area contributed by atoms with Crippen LogP contribution in [-0.2, 0) is 32.9 Å². The summed E-state index contributed by atoms with van der Waals surface area (Å²) in [5.41, 5.74) is 0.887. The zero-order valence-corrected chi connectivity index (χ0v) is 16.5. The Balaban J connectivity index is 2.55. The molecule has 0 aliphatic rings. The van der Waals surface area contributed by atoms with Gasteiger partial charge < -0.3 is 0 Å². The van der Waals surface area contributed by atoms with E-state index in [1.54, 1.807) is 0 Å². The third kappa shape index (κ3) is 3.38. The molecular weight excluding hydrogens is 460 g/mol. The van der Waals surface area contributed by atoms with Crippen LogP contribution >= 0.6 is 8.25 Å². The van der Waals surface area contributed by atoms with Gasteiger partial charge >= 0.3 is 124 Å². The van der Waals surface area contributed by atoms with E-state index in [4.69, 9.17) is 8.25 Å². The van der Waals surface area contributed by atoms with E-state index in [0.29, 0.717) is 11.2 Å². The van der Waals surface area contributed by atoms with Gasteiger partial charge in [0.25, 0.3) is 0 Å². The van der Waals surface area contributed by atoms with Crippen LogP contribution in [0.15, 0.2) is 0 Å². The summed E-state index contributed by atoms with van der Waals surface area (Å²) in [6, 6.07) is 0. The molecule has 2 aromatic rings. The number of H-pyrrole nitrogens is 1. The number of imidazole rings is 1. The molecule has 19 heavy (non-hydrogen) atoms. The van der Waals surface area contributed by atoms with Crippen molar-refractivity contribution in [2.24, 2.45) is 0 Å². The van der Waals surface area contributed by atoms with E-state index in [2.05, 4.69) is 30.6 Å². The van der Waals surface area contributed by atoms with Crippen LogP contribution in [0.25, 0.3) is 11.2 Å². The number of aromatic nitrogens is 4. The number of amides is 2. The van der Waals surface area contributed by atoms with Gasteiger partial charge in [0.15, 0.2) is 0 Å². The Kier molecular flexibility index (Phi) is 4.30. The zero-order chi connectivity index (χ0) is 14.0. The van der Waals surface area contributed by atoms with Gasteiger partial charge in [0.1, 0.15) is 0 Å². The van der Waals surface area contributed by atoms with Gasteiger partial charge in [-0.25, -0.2) is 0 Å². The fraction of sp³-hybridized carbons (Fsp3) is 0.222. The zero-order valence-electron chi connectivity index (χ0n) is 10.2. The SMILES string of the molecule is CC(=O)Nc1nc(NC(C)=O)c2[nH][c]([Hg][Cl])nc2n1. The number of hydrogen-bond acceptors (Lipinski definition) is 5. The molecule has 0 unspecified atom stereocenters. The van der Waals surface area contributed by atoms with Gasteiger partial charge in [0.2, 0.25) is 0 Å². The molecule has 0 aliphatic carbocycles. The predicted molar refractivity (Wildman–Crippen MR) is 65.8 cm³/mol. The molecular formula is C9H9ClHgN6O2. The van der Waals surface area contributed by atoms with E-state index in [1.807, 2.05) is 0 Å². The number of anilines is 2. The minimum atomic E-state index is -1.72. The third-order valence-corrected chi connectivity index (χ3v) is 6.62. The molecule has 0 atom stereocenters. The maximum atomic E-state index is 11.2. The number of carbonyl (C=O) groups is 2. The summed E-state index contributed by atoms with van der Waals surface area (Å²) >= 11 is -1.72. The molecule has 0 saturated heterocycles. The predicted octanol–water partition coefficient (Wildman–Crippen LogP) is 0.131. The molecule has 8 nitrogen and oxygen atoms in total. The van der Waals surface area contributed by atoms with Crippen LogP contribution in [0, 0.1) is 0 Å². The number of fused-ring (bicyclic) bond motifs is 1. The van der Waals surface area contributed by atoms with Crippen LogP contribution in [0.1, 0.15) is 13.8 Å². The molecule has 2 rings (SSSR count). The van der Waals surface area contributed by atoms with Gasteiger partial charge in [-0.3, -0.25) is 0 Å². The molecule has 10 heteroatoms. The fourth-order valence-electron chi connectivity index (χ4n) is 1.48. The topological polar surface area (TPSA) is 113 Å². The summed E-state index contributed by atoms with van der Waals surface area (Å²) < 4.78 is 0.720. The van der Waals surface area contributed by atoms with Crippen molar-refractivity contribution >= 4 is 46.3 Å². The van der Waals surface area contributed by atoms with E-state index in [-0.39, 0.29) is 23.6 Å². The van der Waals surface area contributed by atoms with Gasteiger partial charge in [0, 0.05) is 0 Å². The number of halogens is 1. The number of nitrogens with zero attached hydrogens (tertiary/aromatic N) is 3. The molecule has 96 valence electrons. The second-order valence-electron chi connectivity index (χ2n) is 3.77. The van der Waals surface area contributed by atoms with Gasteiger partial charge in [-0.05, 0) is 0 Å². The van der Waals surface area contributed by atoms with Crippen molar-refractivity contribution in [1.82, 2.24) is 19.9 Å². The Hall–Kier alpha value is -1.28. The molecule has 3 N–H and O–H groups in total. The first-order valence-electron chi connectivity index (χ1n) is 5.37. The summed E-state index contributed by atoms with van der Waals surface area (Å²) in [6.07, 6.45) is 0. The minimum absolute atomic E-state index is 0.0908. The second-order valence-corrected chi connectivity index (χ2v) is 9.76. The molecule has 0 aliphatic heterocycles. The number of carbonyl (C=O) groups excluding carboxylic acids is 2. The van der Waals surface area contributed by atoms with Crippen LogP contribution in [0.2, 0.25) is 0 Å². The maximum absolute atomic E-state index is 11.2. The van der Waals surface area contributed by atoms with Crippen LogP contribution < -0.4 is 14.0 Å². The molecule has 0 bridgehead atoms. The van der Waals surface area contributed by atoms with Crippen LogP contribution in [0.5, 0.6) is 0 Å². The summed E-state index contributed by atoms with van der Waals surface area (Å²) in [5.74, 6) is -0.215. The summed E-state index contributed by atoms with van der Waals surface area (Å²) in [5, 5.41) is 5.02. The number of rotatable bonds is 3. The van der Waals surface area contributed by atoms with E-state index in [9.17, 15) is 9.59 Å². The Morgan fingerprint density at radius 3 is 2.42 bits per heavy atom. The average molecular weight is 469 g/mol. The van der Waals surface area contributed by atoms with E-state index in [0.717, 1.165) is 3.33 Å². The monoisotopic (exact) mass is 470 g/mol. The number of nitrogens with one attached hydrogen (secondary N) is 3. The molecule has 0 saturated carbocycles. The van der Waals surface area contributed by atoms with E-state index < -0.39 is 23.3 Å². The standard InChI is InChI=1S/C9H9N6O2.ClH.Hg/c1-4(16)12-8-6-7(11-3-10-6)14-9(15-8)13-5(2)17;;/h1-2H3,(H3,10,11,12,13,14,15,16,17);1H;/q;;+1/p-1. The summed E-state index contributed by atoms with van der Waals surface area (Å²) in [6.45, 7) is 2.71. The van der Waals surface area contributed by atoms with E-state index in [1.165, 1.54) is 13.8 Å². The van der Waals surface area contributed by atoms with Crippen molar-refractivity contribution in [2.75, 3.05) is 10.6 Å². The van der Waals surface area contributed by atoms with Gasteiger partial charge in [-0.1, -0.05) is 0 Å². The van der Waals surface area contributed by atoms with Gasteiger partial charge in [0.05, 0.1) is 0 Å². The van der Waals surface area contributed by atoms with Crippen molar-refractivity contribution in [3.63, 3.8) is 0 Å². The Morgan fingerprint density at radius 1 is 1.16 bits per heavy atom. The average Bonchev–Trinajstić information content (AvgIpc) is 2.70. The van der Waals surface area contributed by atoms with Gasteiger partial charge in [-0.15, -0.1) is 0 Å². The summed E-state index contributed by atoms with van der Waals surface area (Å²) in [4.78, 5) is 37.6. The normalized spacial score (nSPS) is 10.1. The van der Waals surface area contributed by atoms with Crippen molar-refractivity contribution in [2.45, 2.75) is 13.8 Å². The Morgan fingerprint density at radius 2 is 1.84 bits per heavy atom. The Bertz CT molecular complexity index is 657. The van der Waals surface area contributed by atoms with Crippen molar-refractivity contribution < 1.29 is 32.9 Å². The van der Waals surface area contributed by atoms with Crippen molar-refractivity contribution in [1.29, 1.82) is 0 Å². The quantitative estimate of drug-likeness (QED) is 0.554. The van der Waals surface area contributed by atoms with Gasteiger partial charge in [-0.2, -0.15) is 0 Å². The first-order chi connectivity index (χ1) is 8.99. The number of hydrogen-bond donors (Lipinski definition) is 3. The van der Waals surface area contributed by atoms with Crippen LogP contribution in [0.3, 0.4) is 0 Å². The van der Waals surface area contributed by atoms with Crippen molar-refractivity contribution in [3.05, 3.63) is 0 Å².